The van der Waals surface area contributed by atoms with Gasteiger partial charge in [-0.25, -0.2) is 0 Å². The minimum absolute atomic E-state index is 0.189. The highest BCUT2D eigenvalue weighted by Gasteiger charge is 2.25. The van der Waals surface area contributed by atoms with E-state index in [0.717, 1.165) is 50.3 Å². The minimum atomic E-state index is 0.189. The second kappa shape index (κ2) is 27.2. The molecule has 212 valence electrons. The largest absolute Gasteiger partial charge is 0.493 e. The molecule has 2 aromatic carbocycles. The summed E-state index contributed by atoms with van der Waals surface area (Å²) in [5.74, 6) is 2.40. The Hall–Kier alpha value is -3.89. The summed E-state index contributed by atoms with van der Waals surface area (Å²) in [6.07, 6.45) is 30.2. The molecular weight excluding hydrogens is 488 g/mol. The second-order valence-electron chi connectivity index (χ2n) is 8.27. The van der Waals surface area contributed by atoms with Crippen LogP contribution in [0.25, 0.3) is 0 Å². The Balaban J connectivity index is 0. The molecule has 39 heavy (non-hydrogen) atoms. The number of carbonyl (C=O) groups is 1. The highest BCUT2D eigenvalue weighted by Crippen LogP contribution is 2.36. The molecule has 1 amide bonds. The molecule has 2 aliphatic rings. The molecule has 1 unspecified atom stereocenters. The summed E-state index contributed by atoms with van der Waals surface area (Å²) in [7, 11) is 1.70. The van der Waals surface area contributed by atoms with Gasteiger partial charge in [-0.3, -0.25) is 4.79 Å². The van der Waals surface area contributed by atoms with Crippen LogP contribution in [0.2, 0.25) is 0 Å². The predicted molar refractivity (Wildman–Crippen MR) is 161 cm³/mol. The summed E-state index contributed by atoms with van der Waals surface area (Å²) in [4.78, 5) is 12.3. The van der Waals surface area contributed by atoms with Gasteiger partial charge in [0.1, 0.15) is 0 Å². The molecule has 6 heteroatoms. The normalized spacial score (nSPS) is 16.6. The van der Waals surface area contributed by atoms with Crippen molar-refractivity contribution in [2.45, 2.75) is 51.0 Å². The zero-order valence-electron chi connectivity index (χ0n) is 23.7. The Labute approximate surface area is 237 Å². The molecule has 2 aliphatic heterocycles. The lowest BCUT2D eigenvalue weighted by molar-refractivity contribution is -0.636. The topological polar surface area (TPSA) is 75.6 Å². The van der Waals surface area contributed by atoms with E-state index in [4.69, 9.17) is 14.6 Å². The lowest BCUT2D eigenvalue weighted by Crippen LogP contribution is -2.81. The van der Waals surface area contributed by atoms with Crippen molar-refractivity contribution >= 4 is 6.41 Å². The maximum atomic E-state index is 10.5. The highest BCUT2D eigenvalue weighted by molar-refractivity contribution is 5.48. The molecular formula is C33H47N2O4+. The van der Waals surface area contributed by atoms with Crippen LogP contribution in [0.5, 0.6) is 11.5 Å². The number of carbonyl (C=O) groups excluding carboxylic acids is 1. The first-order chi connectivity index (χ1) is 19.2. The maximum Gasteiger partial charge on any atom is 0.209 e. The quantitative estimate of drug-likeness (QED) is 0.416. The summed E-state index contributed by atoms with van der Waals surface area (Å²) in [5, 5.41) is 11.1. The van der Waals surface area contributed by atoms with Gasteiger partial charge in [-0.15, -0.1) is 38.5 Å². The lowest BCUT2D eigenvalue weighted by atomic mass is 9.97. The van der Waals surface area contributed by atoms with E-state index in [1.165, 1.54) is 24.9 Å². The van der Waals surface area contributed by atoms with Gasteiger partial charge >= 0.3 is 0 Å². The van der Waals surface area contributed by atoms with Crippen LogP contribution >= 0.6 is 0 Å². The number of amides is 1. The first-order valence-electron chi connectivity index (χ1n) is 13.2. The smallest absolute Gasteiger partial charge is 0.209 e. The van der Waals surface area contributed by atoms with E-state index in [2.05, 4.69) is 56.0 Å². The summed E-state index contributed by atoms with van der Waals surface area (Å²) < 4.78 is 11.1. The van der Waals surface area contributed by atoms with Crippen LogP contribution in [0, 0.1) is 38.5 Å². The van der Waals surface area contributed by atoms with E-state index in [1.54, 1.807) is 12.0 Å². The number of hydrogen-bond donors (Lipinski definition) is 2. The fraction of sp³-hybridized carbons (Fsp3) is 0.424. The molecule has 0 radical (unpaired) electrons. The standard InChI is InChI=1S/C13H19NO2.C8H15NO2.C6H6.3C2H2/c1-3-16-13-11(10-7-8-14-9-10)5-4-6-12(13)15-2;10-6-4-8-3-1-2-5-9(8)7-11;1-2-4-6-5-3-1;3*1-2/h4-6,10,14H,3,7-9H2,1-2H3;7-8,10H,1-6H2;1-6H;3*1-2H/p+1/t10-;;;;;/m0...../s1. The number of benzene rings is 2. The van der Waals surface area contributed by atoms with Gasteiger partial charge in [0.15, 0.2) is 11.5 Å². The van der Waals surface area contributed by atoms with Crippen molar-refractivity contribution < 1.29 is 24.7 Å². The average molecular weight is 536 g/mol. The Kier molecular flexibility index (Phi) is 25.9. The number of hydrogen-bond acceptors (Lipinski definition) is 4. The number of aliphatic hydroxyl groups excluding tert-OH is 1. The number of terminal acetylenes is 3. The minimum Gasteiger partial charge on any atom is -0.493 e. The van der Waals surface area contributed by atoms with Gasteiger partial charge in [-0.2, -0.15) is 0 Å². The molecule has 2 aromatic rings. The number of aliphatic hydroxyl groups is 1. The van der Waals surface area contributed by atoms with Crippen LogP contribution in [-0.4, -0.2) is 62.4 Å². The molecule has 2 saturated heterocycles. The predicted octanol–water partition coefficient (Wildman–Crippen LogP) is 3.96. The lowest BCUT2D eigenvalue weighted by Gasteiger charge is -2.32. The van der Waals surface area contributed by atoms with E-state index in [9.17, 15) is 4.79 Å². The van der Waals surface area contributed by atoms with Crippen LogP contribution in [-0.2, 0) is 4.79 Å². The molecule has 2 heterocycles. The highest BCUT2D eigenvalue weighted by atomic mass is 16.5. The summed E-state index contributed by atoms with van der Waals surface area (Å²) >= 11 is 0. The van der Waals surface area contributed by atoms with E-state index in [0.29, 0.717) is 18.6 Å². The third kappa shape index (κ3) is 15.2. The second-order valence-corrected chi connectivity index (χ2v) is 8.27. The fourth-order valence-corrected chi connectivity index (χ4v) is 4.36. The van der Waals surface area contributed by atoms with Gasteiger partial charge < -0.3 is 24.8 Å². The SMILES string of the molecule is C#C.C#C.C#C.CCOc1c(OC)cccc1[C@H]1CC[NH2+]C1.O=CN1CCCCC1CCO.c1ccccc1. The number of nitrogens with two attached hydrogens (primary N) is 1. The Morgan fingerprint density at radius 3 is 2.05 bits per heavy atom. The van der Waals surface area contributed by atoms with Gasteiger partial charge in [0, 0.05) is 37.1 Å². The molecule has 0 spiro atoms. The Morgan fingerprint density at radius 2 is 1.59 bits per heavy atom. The van der Waals surface area contributed by atoms with Gasteiger partial charge in [-0.1, -0.05) is 48.5 Å². The number of rotatable bonds is 7. The molecule has 2 atom stereocenters. The molecule has 6 nitrogen and oxygen atoms in total. The first kappa shape index (κ1) is 37.3. The van der Waals surface area contributed by atoms with Gasteiger partial charge in [0.25, 0.3) is 0 Å². The van der Waals surface area contributed by atoms with Gasteiger partial charge in [0.05, 0.1) is 26.8 Å². The van der Waals surface area contributed by atoms with Crippen LogP contribution in [0.3, 0.4) is 0 Å². The number of para-hydroxylation sites is 1. The molecule has 3 N–H and O–H groups in total. The van der Waals surface area contributed by atoms with Crippen molar-refractivity contribution in [3.63, 3.8) is 0 Å². The number of ether oxygens (including phenoxy) is 2. The average Bonchev–Trinajstić information content (AvgIpc) is 3.57. The van der Waals surface area contributed by atoms with Crippen molar-refractivity contribution in [2.24, 2.45) is 0 Å². The molecule has 0 aromatic heterocycles. The van der Waals surface area contributed by atoms with E-state index < -0.39 is 0 Å². The molecule has 0 bridgehead atoms. The zero-order valence-corrected chi connectivity index (χ0v) is 23.7. The van der Waals surface area contributed by atoms with Crippen LogP contribution in [0.4, 0.5) is 0 Å². The van der Waals surface area contributed by atoms with Crippen molar-refractivity contribution in [3.8, 4) is 50.0 Å². The van der Waals surface area contributed by atoms with Crippen LogP contribution in [0.1, 0.15) is 50.5 Å². The van der Waals surface area contributed by atoms with Crippen molar-refractivity contribution in [2.75, 3.05) is 40.0 Å². The number of likely N-dealkylation sites (tertiary alicyclic amines) is 1. The molecule has 0 saturated carbocycles. The Morgan fingerprint density at radius 1 is 0.974 bits per heavy atom. The van der Waals surface area contributed by atoms with E-state index in [-0.39, 0.29) is 6.61 Å². The van der Waals surface area contributed by atoms with Crippen molar-refractivity contribution in [3.05, 3.63) is 60.2 Å². The van der Waals surface area contributed by atoms with Crippen molar-refractivity contribution in [1.82, 2.24) is 4.90 Å². The third-order valence-electron chi connectivity index (χ3n) is 6.07. The van der Waals surface area contributed by atoms with Crippen molar-refractivity contribution in [1.29, 1.82) is 0 Å². The maximum absolute atomic E-state index is 10.5. The first-order valence-corrected chi connectivity index (χ1v) is 13.2. The fourth-order valence-electron chi connectivity index (χ4n) is 4.36. The van der Waals surface area contributed by atoms with Gasteiger partial charge in [0.2, 0.25) is 6.41 Å². The van der Waals surface area contributed by atoms with Crippen LogP contribution in [0.15, 0.2) is 54.6 Å². The summed E-state index contributed by atoms with van der Waals surface area (Å²) in [6, 6.07) is 18.5. The van der Waals surface area contributed by atoms with E-state index in [1.807, 2.05) is 49.4 Å². The van der Waals surface area contributed by atoms with Crippen LogP contribution < -0.4 is 14.8 Å². The third-order valence-corrected chi connectivity index (χ3v) is 6.07. The monoisotopic (exact) mass is 535 g/mol. The number of quaternary nitrogens is 1. The van der Waals surface area contributed by atoms with E-state index >= 15 is 0 Å². The molecule has 0 aliphatic carbocycles. The van der Waals surface area contributed by atoms with Gasteiger partial charge in [-0.05, 0) is 38.7 Å². The summed E-state index contributed by atoms with van der Waals surface area (Å²) in [6.45, 7) is 6.13. The Bertz CT molecular complexity index is 847. The molecule has 2 fully saturated rings. The number of piperidine rings is 1. The zero-order chi connectivity index (χ0) is 29.7. The molecule has 4 rings (SSSR count). The number of methoxy groups -OCH3 is 1. The summed E-state index contributed by atoms with van der Waals surface area (Å²) in [5.41, 5.74) is 1.30. The number of nitrogens with zero attached hydrogens (tertiary/aromatic N) is 1.